The van der Waals surface area contributed by atoms with Gasteiger partial charge in [-0.1, -0.05) is 37.3 Å². The van der Waals surface area contributed by atoms with Crippen LogP contribution in [-0.2, 0) is 41.4 Å². The number of carbonyl (C=O) groups is 3. The van der Waals surface area contributed by atoms with Gasteiger partial charge in [-0.3, -0.25) is 20.0 Å². The number of methoxy groups -OCH3 is 2. The summed E-state index contributed by atoms with van der Waals surface area (Å²) in [6.07, 6.45) is 0.713. The Hall–Kier alpha value is -4.28. The van der Waals surface area contributed by atoms with Crippen LogP contribution in [-0.4, -0.2) is 126 Å². The van der Waals surface area contributed by atoms with Crippen LogP contribution in [0.15, 0.2) is 60.7 Å². The Labute approximate surface area is 305 Å². The van der Waals surface area contributed by atoms with Gasteiger partial charge in [-0.2, -0.15) is 0 Å². The number of hydrogen-bond donors (Lipinski definition) is 2. The summed E-state index contributed by atoms with van der Waals surface area (Å²) in [5, 5.41) is 0. The molecule has 2 heterocycles. The highest BCUT2D eigenvalue weighted by Gasteiger charge is 2.25. The lowest BCUT2D eigenvalue weighted by Gasteiger charge is -2.32. The zero-order chi connectivity index (χ0) is 37.1. The molecule has 0 spiro atoms. The first-order chi connectivity index (χ1) is 25.4. The molecule has 1 saturated heterocycles. The van der Waals surface area contributed by atoms with Gasteiger partial charge in [-0.05, 0) is 53.4 Å². The predicted molar refractivity (Wildman–Crippen MR) is 193 cm³/mol. The van der Waals surface area contributed by atoms with Gasteiger partial charge in [0.15, 0.2) is 0 Å². The molecule has 2 aromatic carbocycles. The molecule has 4 rings (SSSR count). The van der Waals surface area contributed by atoms with Crippen molar-refractivity contribution < 1.29 is 42.8 Å². The number of hydrazine groups is 1. The predicted octanol–water partition coefficient (Wildman–Crippen LogP) is 2.79. The molecule has 0 radical (unpaired) electrons. The third kappa shape index (κ3) is 11.9. The zero-order valence-electron chi connectivity index (χ0n) is 30.3. The second-order valence-electron chi connectivity index (χ2n) is 12.0. The fraction of sp³-hybridized carbons (Fsp3) is 0.474. The third-order valence-electron chi connectivity index (χ3n) is 8.75. The number of amides is 1. The van der Waals surface area contributed by atoms with E-state index in [1.165, 1.54) is 14.2 Å². The largest absolute Gasteiger partial charge is 0.465 e. The number of hydrogen-bond acceptors (Lipinski definition) is 13. The fourth-order valence-electron chi connectivity index (χ4n) is 6.07. The number of ether oxygens (including phenoxy) is 6. The van der Waals surface area contributed by atoms with E-state index in [2.05, 4.69) is 26.3 Å². The van der Waals surface area contributed by atoms with Crippen LogP contribution in [0.3, 0.4) is 0 Å². The number of aromatic nitrogens is 1. The molecule has 282 valence electrons. The highest BCUT2D eigenvalue weighted by Crippen LogP contribution is 2.28. The molecule has 1 atom stereocenters. The van der Waals surface area contributed by atoms with Crippen molar-refractivity contribution in [1.82, 2.24) is 20.2 Å². The molecule has 0 saturated carbocycles. The molecular weight excluding hydrogens is 670 g/mol. The smallest absolute Gasteiger partial charge is 0.356 e. The minimum Gasteiger partial charge on any atom is -0.465 e. The fourth-order valence-corrected chi connectivity index (χ4v) is 6.07. The summed E-state index contributed by atoms with van der Waals surface area (Å²) in [5.41, 5.74) is 6.88. The van der Waals surface area contributed by atoms with Gasteiger partial charge in [-0.15, -0.1) is 0 Å². The molecule has 1 unspecified atom stereocenters. The van der Waals surface area contributed by atoms with Crippen LogP contribution in [0.4, 0.5) is 0 Å². The maximum atomic E-state index is 12.4. The van der Waals surface area contributed by atoms with Crippen LogP contribution in [0.5, 0.6) is 0 Å². The number of nitrogens with zero attached hydrogens (tertiary/aromatic N) is 3. The van der Waals surface area contributed by atoms with E-state index in [1.807, 2.05) is 31.2 Å². The van der Waals surface area contributed by atoms with E-state index in [0.29, 0.717) is 109 Å². The van der Waals surface area contributed by atoms with Crippen molar-refractivity contribution in [3.63, 3.8) is 0 Å². The average molecular weight is 722 g/mol. The maximum Gasteiger partial charge on any atom is 0.356 e. The van der Waals surface area contributed by atoms with Gasteiger partial charge in [0.25, 0.3) is 5.91 Å². The van der Waals surface area contributed by atoms with Crippen molar-refractivity contribution in [3.8, 4) is 0 Å². The highest BCUT2D eigenvalue weighted by atomic mass is 16.5. The molecule has 14 nitrogen and oxygen atoms in total. The Kier molecular flexibility index (Phi) is 17.1. The summed E-state index contributed by atoms with van der Waals surface area (Å²) in [6.45, 7) is 8.48. The molecule has 3 N–H and O–H groups in total. The van der Waals surface area contributed by atoms with Crippen molar-refractivity contribution in [3.05, 3.63) is 99.9 Å². The van der Waals surface area contributed by atoms with Crippen LogP contribution in [0.2, 0.25) is 0 Å². The Morgan fingerprint density at radius 1 is 0.769 bits per heavy atom. The topological polar surface area (TPSA) is 164 Å². The number of nitrogens with two attached hydrogens (primary N) is 1. The number of carbonyl (C=O) groups excluding carboxylic acids is 3. The standard InChI is InChI=1S/C38H51N5O9/c1-4-31-30(7-5-8-32(31)37(45)47-2)27-42-15-19-49-23-25-51-21-17-43(18-22-52-26-24-50-20-16-42)35(28-11-13-29(14-12-28)36(44)41-39)33-9-6-10-34(40-33)38(46)48-3/h5-14,35H,4,15-27,39H2,1-3H3,(H,41,44). The molecular formula is C38H51N5O9. The van der Waals surface area contributed by atoms with Crippen LogP contribution in [0.25, 0.3) is 0 Å². The molecule has 1 aromatic heterocycles. The molecule has 1 amide bonds. The Balaban J connectivity index is 1.45. The van der Waals surface area contributed by atoms with Crippen molar-refractivity contribution in [2.75, 3.05) is 93.3 Å². The van der Waals surface area contributed by atoms with Crippen LogP contribution in [0.1, 0.15) is 66.6 Å². The van der Waals surface area contributed by atoms with E-state index in [4.69, 9.17) is 34.3 Å². The van der Waals surface area contributed by atoms with Crippen LogP contribution in [0, 0.1) is 0 Å². The number of nitrogens with one attached hydrogen (secondary N) is 1. The summed E-state index contributed by atoms with van der Waals surface area (Å²) < 4.78 is 33.9. The van der Waals surface area contributed by atoms with E-state index in [-0.39, 0.29) is 11.7 Å². The average Bonchev–Trinajstić information content (AvgIpc) is 3.18. The number of nitrogen functional groups attached to an aromatic ring is 1. The second kappa shape index (κ2) is 21.9. The Bertz CT molecular complexity index is 1550. The number of esters is 2. The summed E-state index contributed by atoms with van der Waals surface area (Å²) in [4.78, 5) is 46.0. The van der Waals surface area contributed by atoms with Crippen molar-refractivity contribution >= 4 is 17.8 Å². The van der Waals surface area contributed by atoms with Gasteiger partial charge in [-0.25, -0.2) is 20.4 Å². The summed E-state index contributed by atoms with van der Waals surface area (Å²) in [7, 11) is 2.72. The number of rotatable bonds is 9. The van der Waals surface area contributed by atoms with Gasteiger partial charge in [0, 0.05) is 38.3 Å². The van der Waals surface area contributed by atoms with Gasteiger partial charge in [0.1, 0.15) is 5.69 Å². The lowest BCUT2D eigenvalue weighted by Crippen LogP contribution is -2.37. The van der Waals surface area contributed by atoms with E-state index in [0.717, 1.165) is 16.7 Å². The third-order valence-corrected chi connectivity index (χ3v) is 8.75. The van der Waals surface area contributed by atoms with E-state index in [9.17, 15) is 14.4 Å². The molecule has 3 aromatic rings. The number of benzene rings is 2. The minimum atomic E-state index is -0.538. The SMILES string of the molecule is CCc1c(CN2CCOCCOCCN(C(c3ccc(C(=O)NN)cc3)c3cccc(C(=O)OC)n3)CCOCCOCC2)cccc1C(=O)OC. The van der Waals surface area contributed by atoms with Crippen LogP contribution >= 0.6 is 0 Å². The molecule has 0 bridgehead atoms. The summed E-state index contributed by atoms with van der Waals surface area (Å²) in [6, 6.07) is 17.7. The first kappa shape index (κ1) is 40.5. The first-order valence-corrected chi connectivity index (χ1v) is 17.5. The molecule has 52 heavy (non-hydrogen) atoms. The van der Waals surface area contributed by atoms with E-state index < -0.39 is 17.9 Å². The van der Waals surface area contributed by atoms with Crippen LogP contribution < -0.4 is 11.3 Å². The molecule has 1 aliphatic rings. The van der Waals surface area contributed by atoms with Crippen molar-refractivity contribution in [2.45, 2.75) is 25.9 Å². The Morgan fingerprint density at radius 3 is 1.90 bits per heavy atom. The minimum absolute atomic E-state index is 0.186. The highest BCUT2D eigenvalue weighted by molar-refractivity contribution is 5.93. The van der Waals surface area contributed by atoms with Gasteiger partial charge in [0.2, 0.25) is 0 Å². The second-order valence-corrected chi connectivity index (χ2v) is 12.0. The summed E-state index contributed by atoms with van der Waals surface area (Å²) in [5.74, 6) is 4.07. The van der Waals surface area contributed by atoms with E-state index >= 15 is 0 Å². The van der Waals surface area contributed by atoms with Gasteiger partial charge in [0.05, 0.1) is 84.4 Å². The van der Waals surface area contributed by atoms with Gasteiger partial charge >= 0.3 is 11.9 Å². The zero-order valence-corrected chi connectivity index (χ0v) is 30.3. The lowest BCUT2D eigenvalue weighted by molar-refractivity contribution is 0.00340. The lowest BCUT2D eigenvalue weighted by atomic mass is 9.98. The summed E-state index contributed by atoms with van der Waals surface area (Å²) >= 11 is 0. The monoisotopic (exact) mass is 721 g/mol. The maximum absolute atomic E-state index is 12.4. The van der Waals surface area contributed by atoms with E-state index in [1.54, 1.807) is 30.3 Å². The van der Waals surface area contributed by atoms with Crippen molar-refractivity contribution in [1.29, 1.82) is 0 Å². The molecule has 14 heteroatoms. The van der Waals surface area contributed by atoms with Gasteiger partial charge < -0.3 is 28.4 Å². The molecule has 0 aliphatic carbocycles. The number of pyridine rings is 1. The van der Waals surface area contributed by atoms with Crippen molar-refractivity contribution in [2.24, 2.45) is 5.84 Å². The molecule has 1 fully saturated rings. The molecule has 1 aliphatic heterocycles. The normalized spacial score (nSPS) is 16.9. The Morgan fingerprint density at radius 2 is 1.35 bits per heavy atom. The quantitative estimate of drug-likeness (QED) is 0.144. The first-order valence-electron chi connectivity index (χ1n) is 17.5.